The van der Waals surface area contributed by atoms with Gasteiger partial charge in [0.15, 0.2) is 0 Å². The number of nitrogens with two attached hydrogens (primary N) is 1. The lowest BCUT2D eigenvalue weighted by Gasteiger charge is -2.60. The molecule has 5 heteroatoms. The molecule has 1 heterocycles. The predicted molar refractivity (Wildman–Crippen MR) is 81.9 cm³/mol. The van der Waals surface area contributed by atoms with Crippen LogP contribution in [0.3, 0.4) is 0 Å². The zero-order valence-corrected chi connectivity index (χ0v) is 13.8. The molecule has 21 heavy (non-hydrogen) atoms. The fourth-order valence-corrected chi connectivity index (χ4v) is 3.74. The van der Waals surface area contributed by atoms with E-state index in [0.717, 1.165) is 32.5 Å². The fraction of sp³-hybridized carbons (Fsp3) is 0.938. The van der Waals surface area contributed by atoms with Crippen LogP contribution in [0, 0.1) is 11.3 Å². The Bertz CT molecular complexity index is 384. The van der Waals surface area contributed by atoms with Crippen molar-refractivity contribution < 1.29 is 14.3 Å². The van der Waals surface area contributed by atoms with Crippen LogP contribution in [0.15, 0.2) is 0 Å². The first-order valence-corrected chi connectivity index (χ1v) is 8.12. The standard InChI is InChI=1S/C16H30N2O3/c1-11(2)20-9-6-5-8-18-14(19)16(17)12-7-10-21-13(12)15(16,3)4/h11-13H,5-10,17H2,1-4H3,(H,18,19). The van der Waals surface area contributed by atoms with Gasteiger partial charge in [0.05, 0.1) is 12.2 Å². The molecule has 5 nitrogen and oxygen atoms in total. The number of ether oxygens (including phenoxy) is 2. The fourth-order valence-electron chi connectivity index (χ4n) is 3.74. The lowest BCUT2D eigenvalue weighted by atomic mass is 9.48. The summed E-state index contributed by atoms with van der Waals surface area (Å²) in [6.07, 6.45) is 3.16. The molecule has 1 saturated heterocycles. The van der Waals surface area contributed by atoms with E-state index in [9.17, 15) is 4.79 Å². The van der Waals surface area contributed by atoms with E-state index in [1.807, 2.05) is 27.7 Å². The molecule has 1 amide bonds. The van der Waals surface area contributed by atoms with Crippen molar-refractivity contribution in [1.29, 1.82) is 0 Å². The van der Waals surface area contributed by atoms with Crippen molar-refractivity contribution in [3.05, 3.63) is 0 Å². The minimum absolute atomic E-state index is 0.0240. The summed E-state index contributed by atoms with van der Waals surface area (Å²) in [5.41, 5.74) is 5.39. The summed E-state index contributed by atoms with van der Waals surface area (Å²) in [5.74, 6) is 0.140. The minimum atomic E-state index is -0.789. The van der Waals surface area contributed by atoms with E-state index < -0.39 is 5.54 Å². The third-order valence-electron chi connectivity index (χ3n) is 5.14. The Hall–Kier alpha value is -0.650. The summed E-state index contributed by atoms with van der Waals surface area (Å²) in [6.45, 7) is 10.2. The van der Waals surface area contributed by atoms with Crippen LogP contribution in [-0.2, 0) is 14.3 Å². The largest absolute Gasteiger partial charge is 0.379 e. The van der Waals surface area contributed by atoms with Gasteiger partial charge < -0.3 is 20.5 Å². The maximum Gasteiger partial charge on any atom is 0.241 e. The highest BCUT2D eigenvalue weighted by Crippen LogP contribution is 2.58. The van der Waals surface area contributed by atoms with Crippen molar-refractivity contribution >= 4 is 5.91 Å². The smallest absolute Gasteiger partial charge is 0.241 e. The van der Waals surface area contributed by atoms with Crippen molar-refractivity contribution in [2.45, 2.75) is 64.7 Å². The lowest BCUT2D eigenvalue weighted by Crippen LogP contribution is -2.80. The van der Waals surface area contributed by atoms with Crippen molar-refractivity contribution in [3.63, 3.8) is 0 Å². The molecule has 1 aliphatic carbocycles. The Morgan fingerprint density at radius 1 is 1.43 bits per heavy atom. The molecule has 0 bridgehead atoms. The molecule has 1 saturated carbocycles. The van der Waals surface area contributed by atoms with Gasteiger partial charge in [0, 0.05) is 31.1 Å². The first-order valence-electron chi connectivity index (χ1n) is 8.12. The molecule has 3 N–H and O–H groups in total. The van der Waals surface area contributed by atoms with Crippen LogP contribution < -0.4 is 11.1 Å². The summed E-state index contributed by atoms with van der Waals surface area (Å²) < 4.78 is 11.2. The topological polar surface area (TPSA) is 73.6 Å². The van der Waals surface area contributed by atoms with Crippen LogP contribution in [0.25, 0.3) is 0 Å². The number of unbranched alkanes of at least 4 members (excludes halogenated alkanes) is 1. The number of hydrogen-bond donors (Lipinski definition) is 2. The van der Waals surface area contributed by atoms with Gasteiger partial charge in [-0.05, 0) is 33.1 Å². The van der Waals surface area contributed by atoms with Gasteiger partial charge in [-0.25, -0.2) is 0 Å². The second-order valence-electron chi connectivity index (χ2n) is 7.16. The Morgan fingerprint density at radius 2 is 2.14 bits per heavy atom. The summed E-state index contributed by atoms with van der Waals surface area (Å²) in [6, 6.07) is 0. The number of carbonyl (C=O) groups excluding carboxylic acids is 1. The lowest BCUT2D eigenvalue weighted by molar-refractivity contribution is -0.175. The van der Waals surface area contributed by atoms with Crippen molar-refractivity contribution in [2.75, 3.05) is 19.8 Å². The van der Waals surface area contributed by atoms with Crippen molar-refractivity contribution in [3.8, 4) is 0 Å². The van der Waals surface area contributed by atoms with Gasteiger partial charge >= 0.3 is 0 Å². The summed E-state index contributed by atoms with van der Waals surface area (Å²) in [5, 5.41) is 3.01. The van der Waals surface area contributed by atoms with E-state index in [2.05, 4.69) is 5.32 Å². The van der Waals surface area contributed by atoms with E-state index >= 15 is 0 Å². The maximum absolute atomic E-state index is 12.5. The molecule has 0 radical (unpaired) electrons. The monoisotopic (exact) mass is 298 g/mol. The highest BCUT2D eigenvalue weighted by molar-refractivity contribution is 5.89. The highest BCUT2D eigenvalue weighted by atomic mass is 16.5. The summed E-state index contributed by atoms with van der Waals surface area (Å²) in [7, 11) is 0. The third kappa shape index (κ3) is 2.83. The van der Waals surface area contributed by atoms with Gasteiger partial charge in [0.1, 0.15) is 5.54 Å². The van der Waals surface area contributed by atoms with Crippen LogP contribution in [0.1, 0.15) is 47.0 Å². The molecule has 0 aromatic carbocycles. The molecule has 2 aliphatic rings. The van der Waals surface area contributed by atoms with Gasteiger partial charge in [-0.1, -0.05) is 13.8 Å². The van der Waals surface area contributed by atoms with Crippen molar-refractivity contribution in [1.82, 2.24) is 5.32 Å². The van der Waals surface area contributed by atoms with Gasteiger partial charge in [0.25, 0.3) is 0 Å². The number of carbonyl (C=O) groups is 1. The Morgan fingerprint density at radius 3 is 2.81 bits per heavy atom. The molecule has 2 rings (SSSR count). The van der Waals surface area contributed by atoms with Crippen molar-refractivity contribution in [2.24, 2.45) is 17.1 Å². The van der Waals surface area contributed by atoms with Gasteiger partial charge in [0.2, 0.25) is 5.91 Å². The molecule has 2 fully saturated rings. The zero-order valence-electron chi connectivity index (χ0n) is 13.8. The van der Waals surface area contributed by atoms with E-state index in [4.69, 9.17) is 15.2 Å². The number of hydrogen-bond acceptors (Lipinski definition) is 4. The SMILES string of the molecule is CC(C)OCCCCNC(=O)C1(N)C2CCOC2C1(C)C. The average Bonchev–Trinajstić information content (AvgIpc) is 2.89. The molecule has 1 aliphatic heterocycles. The third-order valence-corrected chi connectivity index (χ3v) is 5.14. The van der Waals surface area contributed by atoms with Crippen LogP contribution in [0.5, 0.6) is 0 Å². The molecule has 3 unspecified atom stereocenters. The number of amides is 1. The predicted octanol–water partition coefficient (Wildman–Crippen LogP) is 1.45. The Labute approximate surface area is 127 Å². The van der Waals surface area contributed by atoms with E-state index in [0.29, 0.717) is 6.54 Å². The molecule has 0 spiro atoms. The average molecular weight is 298 g/mol. The number of rotatable bonds is 7. The second kappa shape index (κ2) is 6.23. The Balaban J connectivity index is 1.75. The Kier molecular flexibility index (Phi) is 4.96. The van der Waals surface area contributed by atoms with Crippen LogP contribution in [-0.4, -0.2) is 43.4 Å². The molecule has 0 aromatic heterocycles. The molecule has 122 valence electrons. The maximum atomic E-state index is 12.5. The van der Waals surface area contributed by atoms with Crippen LogP contribution in [0.4, 0.5) is 0 Å². The zero-order chi connectivity index (χ0) is 15.7. The number of fused-ring (bicyclic) bond motifs is 1. The van der Waals surface area contributed by atoms with E-state index in [1.165, 1.54) is 0 Å². The van der Waals surface area contributed by atoms with Crippen LogP contribution >= 0.6 is 0 Å². The van der Waals surface area contributed by atoms with Gasteiger partial charge in [-0.2, -0.15) is 0 Å². The molecule has 0 aromatic rings. The van der Waals surface area contributed by atoms with E-state index in [1.54, 1.807) is 0 Å². The minimum Gasteiger partial charge on any atom is -0.379 e. The summed E-state index contributed by atoms with van der Waals surface area (Å²) >= 11 is 0. The summed E-state index contributed by atoms with van der Waals surface area (Å²) in [4.78, 5) is 12.5. The highest BCUT2D eigenvalue weighted by Gasteiger charge is 2.71. The second-order valence-corrected chi connectivity index (χ2v) is 7.16. The normalized spacial score (nSPS) is 33.6. The quantitative estimate of drug-likeness (QED) is 0.698. The van der Waals surface area contributed by atoms with Gasteiger partial charge in [-0.15, -0.1) is 0 Å². The van der Waals surface area contributed by atoms with Crippen LogP contribution in [0.2, 0.25) is 0 Å². The van der Waals surface area contributed by atoms with Gasteiger partial charge in [-0.3, -0.25) is 4.79 Å². The molecule has 3 atom stereocenters. The van der Waals surface area contributed by atoms with E-state index in [-0.39, 0.29) is 29.4 Å². The first kappa shape index (κ1) is 16.7. The molecular formula is C16H30N2O3. The molecular weight excluding hydrogens is 268 g/mol. The number of nitrogens with one attached hydrogen (secondary N) is 1. The first-order chi connectivity index (χ1) is 9.81.